The van der Waals surface area contributed by atoms with E-state index in [0.717, 1.165) is 17.8 Å². The maximum Gasteiger partial charge on any atom is 0.416 e. The predicted octanol–water partition coefficient (Wildman–Crippen LogP) is 5.35. The average molecular weight is 639 g/mol. The third-order valence-electron chi connectivity index (χ3n) is 9.99. The number of hydrogen-bond acceptors (Lipinski definition) is 6. The molecule has 1 amide bonds. The number of benzene rings is 3. The Balaban J connectivity index is 1.21. The van der Waals surface area contributed by atoms with Gasteiger partial charge in [-0.15, -0.1) is 0 Å². The molecule has 46 heavy (non-hydrogen) atoms. The van der Waals surface area contributed by atoms with Gasteiger partial charge in [0.2, 0.25) is 5.91 Å². The van der Waals surface area contributed by atoms with Crippen LogP contribution in [0.5, 0.6) is 0 Å². The van der Waals surface area contributed by atoms with Crippen LogP contribution in [0.4, 0.5) is 23.2 Å². The Labute approximate surface area is 265 Å². The van der Waals surface area contributed by atoms with Crippen molar-refractivity contribution >= 4 is 17.4 Å². The summed E-state index contributed by atoms with van der Waals surface area (Å²) in [6.07, 6.45) is -5.66. The maximum atomic E-state index is 15.8. The third kappa shape index (κ3) is 6.28. The van der Waals surface area contributed by atoms with Gasteiger partial charge in [-0.2, -0.15) is 13.2 Å². The summed E-state index contributed by atoms with van der Waals surface area (Å²) in [6.45, 7) is 1.93. The van der Waals surface area contributed by atoms with Crippen molar-refractivity contribution in [2.24, 2.45) is 0 Å². The largest absolute Gasteiger partial charge is 0.416 e. The molecule has 3 aliphatic heterocycles. The lowest BCUT2D eigenvalue weighted by molar-refractivity contribution is -0.138. The summed E-state index contributed by atoms with van der Waals surface area (Å²) in [5.41, 5.74) is -1.61. The Morgan fingerprint density at radius 1 is 0.848 bits per heavy atom. The Hall–Kier alpha value is -3.80. The van der Waals surface area contributed by atoms with E-state index in [0.29, 0.717) is 45.7 Å². The molecule has 3 aromatic rings. The molecule has 2 unspecified atom stereocenters. The second-order valence-electron chi connectivity index (χ2n) is 12.6. The van der Waals surface area contributed by atoms with Crippen molar-refractivity contribution in [2.45, 2.75) is 61.8 Å². The molecule has 3 aromatic carbocycles. The van der Waals surface area contributed by atoms with Crippen LogP contribution in [0.1, 0.15) is 53.6 Å². The normalized spacial score (nSPS) is 21.6. The van der Waals surface area contributed by atoms with Crippen LogP contribution in [-0.4, -0.2) is 77.3 Å². The van der Waals surface area contributed by atoms with E-state index in [1.54, 1.807) is 30.3 Å². The number of alkyl halides is 4. The number of rotatable bonds is 8. The molecule has 0 bridgehead atoms. The lowest BCUT2D eigenvalue weighted by atomic mass is 9.82. The predicted molar refractivity (Wildman–Crippen MR) is 166 cm³/mol. The molecule has 7 nitrogen and oxygen atoms in total. The van der Waals surface area contributed by atoms with E-state index in [-0.39, 0.29) is 36.3 Å². The highest BCUT2D eigenvalue weighted by molar-refractivity contribution is 5.99. The molecule has 3 aliphatic rings. The Morgan fingerprint density at radius 2 is 1.43 bits per heavy atom. The molecule has 1 spiro atoms. The standard InChI is InChI=1S/C35H38F4N4O3/c36-29(31(44)25-8-3-1-4-9-25)23-30(42-20-16-34(46,17-21-42)26-10-7-11-27(22-26)35(37,38)39)41-18-14-33(15-19-41)32(45)40-24-43(33)28-12-5-2-6-13-28/h1-13,22,29-30,46H,14-21,23-24H2,(H,40,45). The number of para-hydroxylation sites is 1. The molecular formula is C35H38F4N4O3. The minimum absolute atomic E-state index is 0.0423. The quantitative estimate of drug-likeness (QED) is 0.256. The van der Waals surface area contributed by atoms with Crippen molar-refractivity contribution in [3.05, 3.63) is 102 Å². The number of Topliss-reactive ketones (excluding diaryl/α,β-unsaturated/α-hetero) is 1. The minimum Gasteiger partial charge on any atom is -0.385 e. The average Bonchev–Trinajstić information content (AvgIpc) is 3.39. The van der Waals surface area contributed by atoms with Gasteiger partial charge in [-0.3, -0.25) is 19.4 Å². The fourth-order valence-corrected chi connectivity index (χ4v) is 7.29. The van der Waals surface area contributed by atoms with Crippen LogP contribution in [0, 0.1) is 0 Å². The van der Waals surface area contributed by atoms with Gasteiger partial charge in [-0.1, -0.05) is 60.7 Å². The summed E-state index contributed by atoms with van der Waals surface area (Å²) < 4.78 is 56.1. The molecule has 0 saturated carbocycles. The Kier molecular flexibility index (Phi) is 8.93. The van der Waals surface area contributed by atoms with Crippen molar-refractivity contribution in [3.63, 3.8) is 0 Å². The molecule has 0 aliphatic carbocycles. The van der Waals surface area contributed by atoms with E-state index in [1.807, 2.05) is 35.2 Å². The fraction of sp³-hybridized carbons (Fsp3) is 0.429. The Bertz CT molecular complexity index is 1520. The third-order valence-corrected chi connectivity index (χ3v) is 9.99. The summed E-state index contributed by atoms with van der Waals surface area (Å²) in [4.78, 5) is 32.6. The number of halogens is 4. The van der Waals surface area contributed by atoms with E-state index in [1.165, 1.54) is 12.1 Å². The highest BCUT2D eigenvalue weighted by atomic mass is 19.4. The second kappa shape index (κ2) is 12.8. The lowest BCUT2D eigenvalue weighted by Gasteiger charge is -2.50. The molecule has 244 valence electrons. The molecule has 0 radical (unpaired) electrons. The van der Waals surface area contributed by atoms with Crippen LogP contribution in [0.2, 0.25) is 0 Å². The number of carbonyl (C=O) groups excluding carboxylic acids is 2. The van der Waals surface area contributed by atoms with Crippen LogP contribution in [0.15, 0.2) is 84.9 Å². The number of anilines is 1. The molecule has 2 N–H and O–H groups in total. The number of aliphatic hydroxyl groups is 1. The van der Waals surface area contributed by atoms with Crippen molar-refractivity contribution in [2.75, 3.05) is 37.7 Å². The topological polar surface area (TPSA) is 76.1 Å². The van der Waals surface area contributed by atoms with Gasteiger partial charge in [0.25, 0.3) is 0 Å². The van der Waals surface area contributed by atoms with Crippen molar-refractivity contribution in [1.29, 1.82) is 0 Å². The van der Waals surface area contributed by atoms with E-state index in [4.69, 9.17) is 0 Å². The summed E-state index contributed by atoms with van der Waals surface area (Å²) >= 11 is 0. The first-order chi connectivity index (χ1) is 22.0. The molecule has 0 aromatic heterocycles. The van der Waals surface area contributed by atoms with Gasteiger partial charge in [0.1, 0.15) is 5.54 Å². The molecule has 2 atom stereocenters. The highest BCUT2D eigenvalue weighted by Gasteiger charge is 2.51. The van der Waals surface area contributed by atoms with E-state index in [9.17, 15) is 27.9 Å². The number of nitrogens with zero attached hydrogens (tertiary/aromatic N) is 3. The fourth-order valence-electron chi connectivity index (χ4n) is 7.29. The first-order valence-corrected chi connectivity index (χ1v) is 15.7. The zero-order valence-corrected chi connectivity index (χ0v) is 25.4. The van der Waals surface area contributed by atoms with Crippen LogP contribution < -0.4 is 10.2 Å². The van der Waals surface area contributed by atoms with Crippen LogP contribution in [-0.2, 0) is 16.6 Å². The van der Waals surface area contributed by atoms with Crippen LogP contribution in [0.3, 0.4) is 0 Å². The summed E-state index contributed by atoms with van der Waals surface area (Å²) in [6, 6.07) is 22.8. The van der Waals surface area contributed by atoms with E-state index < -0.39 is 41.0 Å². The number of nitrogens with one attached hydrogen (secondary N) is 1. The zero-order valence-electron chi connectivity index (χ0n) is 25.4. The van der Waals surface area contributed by atoms with E-state index in [2.05, 4.69) is 15.1 Å². The van der Waals surface area contributed by atoms with Crippen LogP contribution >= 0.6 is 0 Å². The van der Waals surface area contributed by atoms with Gasteiger partial charge in [0, 0.05) is 43.9 Å². The lowest BCUT2D eigenvalue weighted by Crippen LogP contribution is -2.61. The van der Waals surface area contributed by atoms with Crippen molar-refractivity contribution < 1.29 is 32.3 Å². The monoisotopic (exact) mass is 638 g/mol. The van der Waals surface area contributed by atoms with Gasteiger partial charge < -0.3 is 15.3 Å². The van der Waals surface area contributed by atoms with Gasteiger partial charge in [-0.25, -0.2) is 4.39 Å². The first-order valence-electron chi connectivity index (χ1n) is 15.7. The first kappa shape index (κ1) is 32.2. The number of piperidine rings is 2. The summed E-state index contributed by atoms with van der Waals surface area (Å²) in [5, 5.41) is 14.5. The minimum atomic E-state index is -4.53. The summed E-state index contributed by atoms with van der Waals surface area (Å²) in [5.74, 6) is -0.652. The molecule has 11 heteroatoms. The molecule has 3 heterocycles. The smallest absolute Gasteiger partial charge is 0.385 e. The van der Waals surface area contributed by atoms with Crippen molar-refractivity contribution in [1.82, 2.24) is 15.1 Å². The summed E-state index contributed by atoms with van der Waals surface area (Å²) in [7, 11) is 0. The van der Waals surface area contributed by atoms with Gasteiger partial charge in [-0.05, 0) is 55.5 Å². The van der Waals surface area contributed by atoms with Gasteiger partial charge in [0.05, 0.1) is 24.0 Å². The number of amides is 1. The zero-order chi connectivity index (χ0) is 32.5. The second-order valence-corrected chi connectivity index (χ2v) is 12.6. The molecular weight excluding hydrogens is 600 g/mol. The molecule has 3 fully saturated rings. The Morgan fingerprint density at radius 3 is 2.04 bits per heavy atom. The highest BCUT2D eigenvalue weighted by Crippen LogP contribution is 2.40. The maximum absolute atomic E-state index is 15.8. The SMILES string of the molecule is O=C(c1ccccc1)C(F)CC(N1CCC(O)(c2cccc(C(F)(F)F)c2)CC1)N1CCC2(CC1)C(=O)NCN2c1ccccc1. The van der Waals surface area contributed by atoms with Crippen LogP contribution in [0.25, 0.3) is 0 Å². The number of hydrogen-bond donors (Lipinski definition) is 2. The van der Waals surface area contributed by atoms with E-state index >= 15 is 4.39 Å². The van der Waals surface area contributed by atoms with Crippen molar-refractivity contribution in [3.8, 4) is 0 Å². The van der Waals surface area contributed by atoms with Gasteiger partial charge >= 0.3 is 6.18 Å². The number of ketones is 1. The molecule has 6 rings (SSSR count). The van der Waals surface area contributed by atoms with Gasteiger partial charge in [0.15, 0.2) is 12.0 Å². The molecule has 3 saturated heterocycles. The number of likely N-dealkylation sites (tertiary alicyclic amines) is 2. The number of carbonyl (C=O) groups is 2.